The molecule has 1 aliphatic heterocycles. The molecule has 2 aliphatic rings. The molecule has 2 N–H and O–H groups in total. The van der Waals surface area contributed by atoms with Gasteiger partial charge in [0.1, 0.15) is 0 Å². The van der Waals surface area contributed by atoms with Gasteiger partial charge in [0.05, 0.1) is 25.4 Å². The number of ether oxygens (including phenoxy) is 1. The molecule has 1 aliphatic carbocycles. The Morgan fingerprint density at radius 3 is 2.45 bits per heavy atom. The molecule has 2 fully saturated rings. The van der Waals surface area contributed by atoms with Gasteiger partial charge in [0, 0.05) is 39.3 Å². The molecule has 0 aromatic heterocycles. The van der Waals surface area contributed by atoms with Crippen LogP contribution in [0.1, 0.15) is 26.2 Å². The van der Waals surface area contributed by atoms with E-state index < -0.39 is 0 Å². The van der Waals surface area contributed by atoms with Gasteiger partial charge in [-0.2, -0.15) is 0 Å². The highest BCUT2D eigenvalue weighted by Gasteiger charge is 2.25. The molecule has 1 saturated carbocycles. The van der Waals surface area contributed by atoms with E-state index in [-0.39, 0.29) is 12.7 Å². The number of nitrogens with zero attached hydrogens (tertiary/aromatic N) is 2. The van der Waals surface area contributed by atoms with Crippen molar-refractivity contribution >= 4 is 0 Å². The van der Waals surface area contributed by atoms with Crippen molar-refractivity contribution in [2.75, 3.05) is 52.5 Å². The largest absolute Gasteiger partial charge is 0.395 e. The third-order valence-electron chi connectivity index (χ3n) is 4.64. The Labute approximate surface area is 122 Å². The van der Waals surface area contributed by atoms with E-state index in [1.54, 1.807) is 0 Å². The van der Waals surface area contributed by atoms with Gasteiger partial charge in [-0.15, -0.1) is 0 Å². The molecule has 0 unspecified atom stereocenters. The van der Waals surface area contributed by atoms with Crippen molar-refractivity contribution < 1.29 is 14.9 Å². The lowest BCUT2D eigenvalue weighted by Crippen LogP contribution is -2.49. The summed E-state index contributed by atoms with van der Waals surface area (Å²) in [4.78, 5) is 4.56. The van der Waals surface area contributed by atoms with Crippen LogP contribution in [0.2, 0.25) is 0 Å². The molecular weight excluding hydrogens is 256 g/mol. The molecular formula is C15H30N2O3. The number of aliphatic hydroxyl groups excluding tert-OH is 2. The first kappa shape index (κ1) is 16.2. The molecule has 118 valence electrons. The topological polar surface area (TPSA) is 56.2 Å². The monoisotopic (exact) mass is 286 g/mol. The average molecular weight is 286 g/mol. The van der Waals surface area contributed by atoms with Crippen molar-refractivity contribution in [1.82, 2.24) is 9.80 Å². The van der Waals surface area contributed by atoms with Crippen LogP contribution in [-0.2, 0) is 4.74 Å². The highest BCUT2D eigenvalue weighted by molar-refractivity contribution is 4.77. The quantitative estimate of drug-likeness (QED) is 0.698. The number of rotatable bonds is 7. The Balaban J connectivity index is 1.59. The summed E-state index contributed by atoms with van der Waals surface area (Å²) >= 11 is 0. The summed E-state index contributed by atoms with van der Waals surface area (Å²) in [5, 5.41) is 19.0. The van der Waals surface area contributed by atoms with Crippen LogP contribution in [0.15, 0.2) is 0 Å². The molecule has 5 nitrogen and oxygen atoms in total. The van der Waals surface area contributed by atoms with Gasteiger partial charge in [0.25, 0.3) is 0 Å². The van der Waals surface area contributed by atoms with E-state index in [2.05, 4.69) is 16.7 Å². The standard InChI is InChI=1S/C15H30N2O3/c1-13-3-2-4-15(13)20-12-14(19)11-17-7-5-16(6-8-17)9-10-18/h13-15,18-19H,2-12H2,1H3/t13-,14+,15+/m1/s1. The Hall–Kier alpha value is -0.200. The highest BCUT2D eigenvalue weighted by Crippen LogP contribution is 2.27. The van der Waals surface area contributed by atoms with Crippen molar-refractivity contribution in [3.63, 3.8) is 0 Å². The molecule has 0 aromatic carbocycles. The minimum absolute atomic E-state index is 0.232. The number of hydrogen-bond donors (Lipinski definition) is 2. The fraction of sp³-hybridized carbons (Fsp3) is 1.00. The number of β-amino-alcohol motifs (C(OH)–C–C–N with tert-alkyl or cyclic N) is 2. The van der Waals surface area contributed by atoms with Gasteiger partial charge < -0.3 is 14.9 Å². The van der Waals surface area contributed by atoms with Crippen LogP contribution in [-0.4, -0.2) is 84.7 Å². The summed E-state index contributed by atoms with van der Waals surface area (Å²) in [6.07, 6.45) is 3.63. The summed E-state index contributed by atoms with van der Waals surface area (Å²) in [7, 11) is 0. The van der Waals surface area contributed by atoms with Crippen LogP contribution in [0.3, 0.4) is 0 Å². The van der Waals surface area contributed by atoms with E-state index in [1.807, 2.05) is 0 Å². The van der Waals surface area contributed by atoms with Gasteiger partial charge >= 0.3 is 0 Å². The summed E-state index contributed by atoms with van der Waals surface area (Å²) in [6.45, 7) is 8.30. The first-order valence-corrected chi connectivity index (χ1v) is 8.04. The number of hydrogen-bond acceptors (Lipinski definition) is 5. The maximum absolute atomic E-state index is 10.1. The smallest absolute Gasteiger partial charge is 0.0900 e. The molecule has 20 heavy (non-hydrogen) atoms. The van der Waals surface area contributed by atoms with Crippen molar-refractivity contribution in [3.8, 4) is 0 Å². The molecule has 1 saturated heterocycles. The van der Waals surface area contributed by atoms with Gasteiger partial charge in [0.2, 0.25) is 0 Å². The first-order chi connectivity index (χ1) is 9.69. The Bertz CT molecular complexity index is 270. The summed E-state index contributed by atoms with van der Waals surface area (Å²) in [5.74, 6) is 0.643. The zero-order valence-electron chi connectivity index (χ0n) is 12.7. The maximum Gasteiger partial charge on any atom is 0.0900 e. The van der Waals surface area contributed by atoms with Crippen LogP contribution >= 0.6 is 0 Å². The Morgan fingerprint density at radius 1 is 1.15 bits per heavy atom. The predicted molar refractivity (Wildman–Crippen MR) is 78.7 cm³/mol. The first-order valence-electron chi connectivity index (χ1n) is 8.04. The summed E-state index contributed by atoms with van der Waals surface area (Å²) < 4.78 is 5.86. The van der Waals surface area contributed by atoms with Crippen LogP contribution in [0.5, 0.6) is 0 Å². The Morgan fingerprint density at radius 2 is 1.85 bits per heavy atom. The van der Waals surface area contributed by atoms with Gasteiger partial charge in [-0.25, -0.2) is 0 Å². The zero-order chi connectivity index (χ0) is 14.4. The highest BCUT2D eigenvalue weighted by atomic mass is 16.5. The predicted octanol–water partition coefficient (Wildman–Crippen LogP) is 0.162. The normalized spacial score (nSPS) is 30.8. The van der Waals surface area contributed by atoms with Gasteiger partial charge in [0.15, 0.2) is 0 Å². The molecule has 0 aromatic rings. The lowest BCUT2D eigenvalue weighted by Gasteiger charge is -2.35. The van der Waals surface area contributed by atoms with Crippen LogP contribution < -0.4 is 0 Å². The fourth-order valence-electron chi connectivity index (χ4n) is 3.28. The van der Waals surface area contributed by atoms with Gasteiger partial charge in [-0.05, 0) is 18.8 Å². The third-order valence-corrected chi connectivity index (χ3v) is 4.64. The van der Waals surface area contributed by atoms with Gasteiger partial charge in [-0.3, -0.25) is 9.80 Å². The summed E-state index contributed by atoms with van der Waals surface area (Å²) in [6, 6.07) is 0. The lowest BCUT2D eigenvalue weighted by atomic mass is 10.1. The van der Waals surface area contributed by atoms with Crippen molar-refractivity contribution in [2.45, 2.75) is 38.4 Å². The molecule has 2 rings (SSSR count). The molecule has 0 amide bonds. The maximum atomic E-state index is 10.1. The minimum atomic E-state index is -0.382. The van der Waals surface area contributed by atoms with E-state index in [4.69, 9.17) is 9.84 Å². The molecule has 0 bridgehead atoms. The molecule has 0 radical (unpaired) electrons. The van der Waals surface area contributed by atoms with Crippen molar-refractivity contribution in [1.29, 1.82) is 0 Å². The summed E-state index contributed by atoms with van der Waals surface area (Å²) in [5.41, 5.74) is 0. The van der Waals surface area contributed by atoms with E-state index in [0.717, 1.165) is 39.1 Å². The molecule has 3 atom stereocenters. The van der Waals surface area contributed by atoms with Crippen molar-refractivity contribution in [3.05, 3.63) is 0 Å². The Kier molecular flexibility index (Phi) is 6.71. The fourth-order valence-corrected chi connectivity index (χ4v) is 3.28. The van der Waals surface area contributed by atoms with E-state index in [1.165, 1.54) is 12.8 Å². The van der Waals surface area contributed by atoms with Crippen LogP contribution in [0.4, 0.5) is 0 Å². The van der Waals surface area contributed by atoms with Crippen molar-refractivity contribution in [2.24, 2.45) is 5.92 Å². The number of aliphatic hydroxyl groups is 2. The second-order valence-electron chi connectivity index (χ2n) is 6.30. The van der Waals surface area contributed by atoms with Crippen LogP contribution in [0.25, 0.3) is 0 Å². The number of piperazine rings is 1. The van der Waals surface area contributed by atoms with E-state index in [0.29, 0.717) is 25.2 Å². The van der Waals surface area contributed by atoms with Crippen LogP contribution in [0, 0.1) is 5.92 Å². The lowest BCUT2D eigenvalue weighted by molar-refractivity contribution is -0.0358. The second-order valence-corrected chi connectivity index (χ2v) is 6.30. The molecule has 1 heterocycles. The SMILES string of the molecule is C[C@@H]1CCC[C@@H]1OC[C@@H](O)CN1CCN(CCO)CC1. The van der Waals surface area contributed by atoms with E-state index >= 15 is 0 Å². The minimum Gasteiger partial charge on any atom is -0.395 e. The molecule has 0 spiro atoms. The second kappa shape index (κ2) is 8.29. The average Bonchev–Trinajstić information content (AvgIpc) is 2.84. The zero-order valence-corrected chi connectivity index (χ0v) is 12.7. The van der Waals surface area contributed by atoms with Gasteiger partial charge in [-0.1, -0.05) is 13.3 Å². The molecule has 5 heteroatoms. The van der Waals surface area contributed by atoms with E-state index in [9.17, 15) is 5.11 Å². The third kappa shape index (κ3) is 4.97.